The van der Waals surface area contributed by atoms with Gasteiger partial charge in [-0.2, -0.15) is 5.26 Å². The van der Waals surface area contributed by atoms with Crippen LogP contribution in [0.2, 0.25) is 0 Å². The maximum Gasteiger partial charge on any atom is 0.271 e. The second-order valence-corrected chi connectivity index (χ2v) is 6.61. The molecule has 0 bridgehead atoms. The topological polar surface area (TPSA) is 92.3 Å². The number of hydrogen-bond acceptors (Lipinski definition) is 5. The molecule has 6 nitrogen and oxygen atoms in total. The van der Waals surface area contributed by atoms with E-state index in [-0.39, 0.29) is 23.3 Å². The predicted molar refractivity (Wildman–Crippen MR) is 97.9 cm³/mol. The number of pyridine rings is 1. The Bertz CT molecular complexity index is 945. The number of aromatic hydroxyl groups is 1. The van der Waals surface area contributed by atoms with Crippen LogP contribution in [0, 0.1) is 32.1 Å². The maximum absolute atomic E-state index is 12.7. The monoisotopic (exact) mass is 354 g/mol. The molecule has 0 atom stereocenters. The van der Waals surface area contributed by atoms with E-state index in [1.807, 2.05) is 38.1 Å². The molecule has 0 saturated carbocycles. The molecule has 1 N–H and O–H groups in total. The fourth-order valence-corrected chi connectivity index (χ4v) is 2.97. The second-order valence-electron chi connectivity index (χ2n) is 6.61. The zero-order valence-electron chi connectivity index (χ0n) is 15.6. The molecule has 0 amide bonds. The second kappa shape index (κ2) is 7.44. The largest absolute Gasteiger partial charge is 0.494 e. The summed E-state index contributed by atoms with van der Waals surface area (Å²) >= 11 is 0. The van der Waals surface area contributed by atoms with Gasteiger partial charge in [0.25, 0.3) is 5.56 Å². The van der Waals surface area contributed by atoms with E-state index in [0.29, 0.717) is 5.75 Å². The van der Waals surface area contributed by atoms with Crippen LogP contribution in [-0.2, 0) is 0 Å². The zero-order valence-corrected chi connectivity index (χ0v) is 15.6. The van der Waals surface area contributed by atoms with Gasteiger partial charge in [-0.25, -0.2) is 0 Å². The third-order valence-electron chi connectivity index (χ3n) is 4.11. The molecule has 0 spiro atoms. The molecule has 6 heteroatoms. The van der Waals surface area contributed by atoms with Gasteiger partial charge in [0.2, 0.25) is 11.7 Å². The average Bonchev–Trinajstić information content (AvgIpc) is 2.52. The van der Waals surface area contributed by atoms with E-state index in [1.165, 1.54) is 6.92 Å². The van der Waals surface area contributed by atoms with Crippen LogP contribution < -0.4 is 10.3 Å². The van der Waals surface area contributed by atoms with Crippen molar-refractivity contribution in [1.82, 2.24) is 4.57 Å². The lowest BCUT2D eigenvalue weighted by atomic mass is 10.0. The Morgan fingerprint density at radius 1 is 1.23 bits per heavy atom. The summed E-state index contributed by atoms with van der Waals surface area (Å²) < 4.78 is 6.62. The minimum atomic E-state index is -0.607. The number of benzene rings is 1. The highest BCUT2D eigenvalue weighted by atomic mass is 16.5. The van der Waals surface area contributed by atoms with Crippen molar-refractivity contribution in [2.45, 2.75) is 40.7 Å². The van der Waals surface area contributed by atoms with Crippen LogP contribution in [0.15, 0.2) is 23.0 Å². The number of Topliss-reactive ketones (excluding diaryl/α,β-unsaturated/α-hetero) is 1. The summed E-state index contributed by atoms with van der Waals surface area (Å²) in [7, 11) is 0. The number of rotatable bonds is 5. The number of aromatic nitrogens is 1. The summed E-state index contributed by atoms with van der Waals surface area (Å²) in [4.78, 5) is 25.0. The van der Waals surface area contributed by atoms with E-state index >= 15 is 0 Å². The lowest BCUT2D eigenvalue weighted by molar-refractivity contribution is 0.0916. The molecule has 1 heterocycles. The first-order valence-corrected chi connectivity index (χ1v) is 8.29. The van der Waals surface area contributed by atoms with E-state index in [0.717, 1.165) is 15.7 Å². The summed E-state index contributed by atoms with van der Waals surface area (Å²) in [6.45, 7) is 8.41. The summed E-state index contributed by atoms with van der Waals surface area (Å²) in [5, 5.41) is 19.8. The number of carbonyl (C=O) groups is 1. The minimum absolute atomic E-state index is 0.0563. The maximum atomic E-state index is 12.7. The van der Waals surface area contributed by atoms with Crippen LogP contribution in [-0.4, -0.2) is 22.1 Å². The summed E-state index contributed by atoms with van der Waals surface area (Å²) in [5.41, 5.74) is 1.37. The molecule has 0 aliphatic carbocycles. The number of ether oxygens (including phenoxy) is 1. The Labute approximate surface area is 152 Å². The Kier molecular flexibility index (Phi) is 5.51. The molecular weight excluding hydrogens is 332 g/mol. The highest BCUT2D eigenvalue weighted by molar-refractivity contribution is 6.01. The van der Waals surface area contributed by atoms with Gasteiger partial charge >= 0.3 is 0 Å². The highest BCUT2D eigenvalue weighted by Gasteiger charge is 2.25. The molecule has 1 aromatic carbocycles. The van der Waals surface area contributed by atoms with E-state index in [4.69, 9.17) is 4.74 Å². The van der Waals surface area contributed by atoms with Gasteiger partial charge in [0.05, 0.1) is 5.56 Å². The van der Waals surface area contributed by atoms with Gasteiger partial charge in [0, 0.05) is 6.04 Å². The fourth-order valence-electron chi connectivity index (χ4n) is 2.97. The van der Waals surface area contributed by atoms with Crippen molar-refractivity contribution >= 4 is 5.78 Å². The quantitative estimate of drug-likeness (QED) is 0.833. The predicted octanol–water partition coefficient (Wildman–Crippen LogP) is 3.19. The molecule has 0 aliphatic rings. The first-order chi connectivity index (χ1) is 12.2. The van der Waals surface area contributed by atoms with Gasteiger partial charge in [0.15, 0.2) is 6.61 Å². The molecule has 0 radical (unpaired) electrons. The summed E-state index contributed by atoms with van der Waals surface area (Å²) in [6.07, 6.45) is 0. The van der Waals surface area contributed by atoms with Crippen LogP contribution >= 0.6 is 0 Å². The van der Waals surface area contributed by atoms with Gasteiger partial charge in [0.1, 0.15) is 17.4 Å². The van der Waals surface area contributed by atoms with Gasteiger partial charge in [-0.05, 0) is 63.4 Å². The number of ketones is 1. The summed E-state index contributed by atoms with van der Waals surface area (Å²) in [5.74, 6) is -0.383. The van der Waals surface area contributed by atoms with Gasteiger partial charge in [-0.15, -0.1) is 0 Å². The molecule has 26 heavy (non-hydrogen) atoms. The molecule has 0 saturated heterocycles. The fraction of sp³-hybridized carbons (Fsp3) is 0.350. The van der Waals surface area contributed by atoms with Gasteiger partial charge < -0.3 is 9.84 Å². The summed E-state index contributed by atoms with van der Waals surface area (Å²) in [6, 6.07) is 7.04. The first-order valence-electron chi connectivity index (χ1n) is 8.29. The van der Waals surface area contributed by atoms with E-state index in [1.54, 1.807) is 13.8 Å². The van der Waals surface area contributed by atoms with Crippen molar-refractivity contribution in [2.24, 2.45) is 0 Å². The molecule has 1 aromatic heterocycles. The van der Waals surface area contributed by atoms with Crippen LogP contribution in [0.3, 0.4) is 0 Å². The Morgan fingerprint density at radius 2 is 1.81 bits per heavy atom. The van der Waals surface area contributed by atoms with E-state index in [9.17, 15) is 20.0 Å². The van der Waals surface area contributed by atoms with Crippen LogP contribution in [0.5, 0.6) is 11.6 Å². The van der Waals surface area contributed by atoms with E-state index < -0.39 is 23.3 Å². The van der Waals surface area contributed by atoms with Crippen LogP contribution in [0.4, 0.5) is 0 Å². The van der Waals surface area contributed by atoms with Crippen LogP contribution in [0.25, 0.3) is 0 Å². The normalized spacial score (nSPS) is 10.7. The van der Waals surface area contributed by atoms with E-state index in [2.05, 4.69) is 0 Å². The average molecular weight is 354 g/mol. The lowest BCUT2D eigenvalue weighted by Gasteiger charge is -2.18. The molecule has 2 aromatic rings. The van der Waals surface area contributed by atoms with Gasteiger partial charge in [-0.3, -0.25) is 14.2 Å². The van der Waals surface area contributed by atoms with Crippen molar-refractivity contribution in [3.63, 3.8) is 0 Å². The SMILES string of the molecule is Cc1cc(C)cc(OCC(=O)c2c(C)c(C#N)c(=O)n(C(C)C)c2O)c1. The minimum Gasteiger partial charge on any atom is -0.494 e. The standard InChI is InChI=1S/C20H22N2O4/c1-11(2)22-19(24)16(9-21)14(5)18(20(22)25)17(23)10-26-15-7-12(3)6-13(4)8-15/h6-8,11,25H,10H2,1-5H3. The molecule has 0 fully saturated rings. The zero-order chi connectivity index (χ0) is 19.6. The molecule has 0 aliphatic heterocycles. The van der Waals surface area contributed by atoms with Crippen LogP contribution in [0.1, 0.15) is 52.5 Å². The number of hydrogen-bond donors (Lipinski definition) is 1. The molecule has 0 unspecified atom stereocenters. The van der Waals surface area contributed by atoms with Gasteiger partial charge in [-0.1, -0.05) is 6.07 Å². The van der Waals surface area contributed by atoms with Crippen molar-refractivity contribution in [3.8, 4) is 17.7 Å². The Hall–Kier alpha value is -3.07. The highest BCUT2D eigenvalue weighted by Crippen LogP contribution is 2.25. The lowest BCUT2D eigenvalue weighted by Crippen LogP contribution is -2.28. The third-order valence-corrected chi connectivity index (χ3v) is 4.11. The number of nitriles is 1. The Balaban J connectivity index is 2.44. The number of carbonyl (C=O) groups excluding carboxylic acids is 1. The number of aryl methyl sites for hydroxylation is 2. The molecule has 136 valence electrons. The van der Waals surface area contributed by atoms with Crippen molar-refractivity contribution in [2.75, 3.05) is 6.61 Å². The Morgan fingerprint density at radius 3 is 2.31 bits per heavy atom. The first kappa shape index (κ1) is 19.3. The smallest absolute Gasteiger partial charge is 0.271 e. The molecular formula is C20H22N2O4. The number of nitrogens with zero attached hydrogens (tertiary/aromatic N) is 2. The molecule has 2 rings (SSSR count). The third kappa shape index (κ3) is 3.62. The van der Waals surface area contributed by atoms with Crippen molar-refractivity contribution < 1.29 is 14.6 Å². The van der Waals surface area contributed by atoms with Crippen molar-refractivity contribution in [3.05, 3.63) is 56.4 Å². The van der Waals surface area contributed by atoms with Crippen molar-refractivity contribution in [1.29, 1.82) is 5.26 Å².